The summed E-state index contributed by atoms with van der Waals surface area (Å²) in [5.41, 5.74) is 0. The monoisotopic (exact) mass is 347 g/mol. The minimum absolute atomic E-state index is 0.251. The molecule has 7 nitrogen and oxygen atoms in total. The van der Waals surface area contributed by atoms with E-state index in [4.69, 9.17) is 0 Å². The molecule has 3 heterocycles. The highest BCUT2D eigenvalue weighted by Gasteiger charge is 2.27. The number of hydrogen-bond acceptors (Lipinski definition) is 6. The molecule has 0 aromatic carbocycles. The lowest BCUT2D eigenvalue weighted by Gasteiger charge is -2.15. The van der Waals surface area contributed by atoms with Gasteiger partial charge in [0.05, 0.1) is 0 Å². The van der Waals surface area contributed by atoms with E-state index in [2.05, 4.69) is 20.6 Å². The van der Waals surface area contributed by atoms with E-state index in [1.807, 2.05) is 18.2 Å². The zero-order valence-corrected chi connectivity index (χ0v) is 14.2. The van der Waals surface area contributed by atoms with E-state index in [9.17, 15) is 8.42 Å². The number of aromatic nitrogens is 2. The number of rotatable bonds is 7. The van der Waals surface area contributed by atoms with Crippen LogP contribution >= 0.6 is 0 Å². The van der Waals surface area contributed by atoms with Gasteiger partial charge in [-0.25, -0.2) is 18.4 Å². The van der Waals surface area contributed by atoms with Crippen molar-refractivity contribution in [3.63, 3.8) is 0 Å². The first-order chi connectivity index (χ1) is 11.7. The molecule has 2 N–H and O–H groups in total. The average molecular weight is 347 g/mol. The fourth-order valence-electron chi connectivity index (χ4n) is 2.56. The molecule has 128 valence electrons. The molecule has 0 atom stereocenters. The maximum Gasteiger partial charge on any atom is 0.244 e. The summed E-state index contributed by atoms with van der Waals surface area (Å²) in [6.45, 7) is 2.54. The van der Waals surface area contributed by atoms with Gasteiger partial charge in [0.1, 0.15) is 16.5 Å². The zero-order valence-electron chi connectivity index (χ0n) is 13.4. The van der Waals surface area contributed by atoms with Gasteiger partial charge in [0.15, 0.2) is 0 Å². The highest BCUT2D eigenvalue weighted by molar-refractivity contribution is 7.89. The first-order valence-electron chi connectivity index (χ1n) is 8.01. The molecule has 3 rings (SSSR count). The van der Waals surface area contributed by atoms with Crippen molar-refractivity contribution in [3.05, 3.63) is 42.7 Å². The predicted molar refractivity (Wildman–Crippen MR) is 93.4 cm³/mol. The molecule has 24 heavy (non-hydrogen) atoms. The smallest absolute Gasteiger partial charge is 0.244 e. The second kappa shape index (κ2) is 7.59. The number of nitrogens with one attached hydrogen (secondary N) is 2. The lowest BCUT2D eigenvalue weighted by atomic mass is 10.4. The van der Waals surface area contributed by atoms with Crippen LogP contribution in [0.25, 0.3) is 0 Å². The number of sulfonamides is 1. The Hall–Kier alpha value is -2.19. The summed E-state index contributed by atoms with van der Waals surface area (Å²) in [5, 5.41) is 6.34. The molecule has 0 amide bonds. The Morgan fingerprint density at radius 3 is 2.25 bits per heavy atom. The maximum absolute atomic E-state index is 12.4. The Bertz CT molecular complexity index is 744. The molecule has 0 bridgehead atoms. The molecule has 0 spiro atoms. The maximum atomic E-state index is 12.4. The summed E-state index contributed by atoms with van der Waals surface area (Å²) >= 11 is 0. The van der Waals surface area contributed by atoms with Gasteiger partial charge >= 0.3 is 0 Å². The van der Waals surface area contributed by atoms with Crippen LogP contribution in [0.5, 0.6) is 0 Å². The van der Waals surface area contributed by atoms with E-state index in [-0.39, 0.29) is 4.90 Å². The normalized spacial score (nSPS) is 15.3. The average Bonchev–Trinajstić information content (AvgIpc) is 3.16. The van der Waals surface area contributed by atoms with Crippen LogP contribution in [0.15, 0.2) is 47.6 Å². The summed E-state index contributed by atoms with van der Waals surface area (Å²) in [5.74, 6) is 1.47. The fourth-order valence-corrected chi connectivity index (χ4v) is 4.03. The third kappa shape index (κ3) is 4.01. The van der Waals surface area contributed by atoms with Crippen molar-refractivity contribution in [3.8, 4) is 0 Å². The highest BCUT2D eigenvalue weighted by Crippen LogP contribution is 2.20. The van der Waals surface area contributed by atoms with E-state index in [1.54, 1.807) is 18.3 Å². The Labute approximate surface area is 142 Å². The van der Waals surface area contributed by atoms with Gasteiger partial charge in [-0.1, -0.05) is 6.07 Å². The second-order valence-electron chi connectivity index (χ2n) is 5.56. The molecule has 0 aliphatic carbocycles. The van der Waals surface area contributed by atoms with Crippen molar-refractivity contribution in [2.24, 2.45) is 0 Å². The quantitative estimate of drug-likeness (QED) is 0.743. The SMILES string of the molecule is O=S(=O)(c1ccc(NCCNc2ccccn2)nc1)N1CCCC1. The summed E-state index contributed by atoms with van der Waals surface area (Å²) in [6.07, 6.45) is 5.00. The van der Waals surface area contributed by atoms with E-state index in [0.717, 1.165) is 18.7 Å². The third-order valence-corrected chi connectivity index (χ3v) is 5.72. The summed E-state index contributed by atoms with van der Waals surface area (Å²) in [4.78, 5) is 8.63. The molecule has 2 aromatic rings. The van der Waals surface area contributed by atoms with Crippen LogP contribution in [0.1, 0.15) is 12.8 Å². The number of pyridine rings is 2. The van der Waals surface area contributed by atoms with Gasteiger partial charge in [0.2, 0.25) is 10.0 Å². The Balaban J connectivity index is 1.51. The zero-order chi connectivity index (χ0) is 16.8. The van der Waals surface area contributed by atoms with Crippen molar-refractivity contribution < 1.29 is 8.42 Å². The van der Waals surface area contributed by atoms with Crippen LogP contribution in [-0.2, 0) is 10.0 Å². The van der Waals surface area contributed by atoms with Gasteiger partial charge < -0.3 is 10.6 Å². The van der Waals surface area contributed by atoms with Gasteiger partial charge in [0.25, 0.3) is 0 Å². The van der Waals surface area contributed by atoms with E-state index in [0.29, 0.717) is 32.0 Å². The summed E-state index contributed by atoms with van der Waals surface area (Å²) in [7, 11) is -3.39. The van der Waals surface area contributed by atoms with Crippen LogP contribution < -0.4 is 10.6 Å². The standard InChI is InChI=1S/C16H21N5O2S/c22-24(23,21-11-3-4-12-21)14-6-7-16(20-13-14)19-10-9-18-15-5-1-2-8-17-15/h1-2,5-8,13H,3-4,9-12H2,(H,17,18)(H,19,20). The Morgan fingerprint density at radius 1 is 0.958 bits per heavy atom. The van der Waals surface area contributed by atoms with Gasteiger partial charge in [0, 0.05) is 38.6 Å². The number of nitrogens with zero attached hydrogens (tertiary/aromatic N) is 3. The molecule has 0 radical (unpaired) electrons. The van der Waals surface area contributed by atoms with E-state index >= 15 is 0 Å². The third-order valence-electron chi connectivity index (χ3n) is 3.84. The van der Waals surface area contributed by atoms with Crippen molar-refractivity contribution in [1.82, 2.24) is 14.3 Å². The van der Waals surface area contributed by atoms with Crippen LogP contribution in [0.3, 0.4) is 0 Å². The van der Waals surface area contributed by atoms with Gasteiger partial charge in [-0.2, -0.15) is 4.31 Å². The molecule has 2 aromatic heterocycles. The molecular weight excluding hydrogens is 326 g/mol. The lowest BCUT2D eigenvalue weighted by molar-refractivity contribution is 0.477. The molecule has 1 aliphatic heterocycles. The van der Waals surface area contributed by atoms with E-state index in [1.165, 1.54) is 10.5 Å². The molecular formula is C16H21N5O2S. The fraction of sp³-hybridized carbons (Fsp3) is 0.375. The van der Waals surface area contributed by atoms with Gasteiger partial charge in [-0.05, 0) is 37.1 Å². The number of hydrogen-bond donors (Lipinski definition) is 2. The van der Waals surface area contributed by atoms with Crippen molar-refractivity contribution in [2.75, 3.05) is 36.8 Å². The Morgan fingerprint density at radius 2 is 1.67 bits per heavy atom. The summed E-state index contributed by atoms with van der Waals surface area (Å²) < 4.78 is 26.3. The molecule has 0 unspecified atom stereocenters. The number of anilines is 2. The van der Waals surface area contributed by atoms with Gasteiger partial charge in [-0.3, -0.25) is 0 Å². The predicted octanol–water partition coefficient (Wildman–Crippen LogP) is 1.79. The lowest BCUT2D eigenvalue weighted by Crippen LogP contribution is -2.28. The first-order valence-corrected chi connectivity index (χ1v) is 9.45. The topological polar surface area (TPSA) is 87.2 Å². The van der Waals surface area contributed by atoms with Crippen LogP contribution in [0.4, 0.5) is 11.6 Å². The molecule has 1 aliphatic rings. The molecule has 0 saturated carbocycles. The highest BCUT2D eigenvalue weighted by atomic mass is 32.2. The minimum Gasteiger partial charge on any atom is -0.368 e. The van der Waals surface area contributed by atoms with Crippen molar-refractivity contribution in [2.45, 2.75) is 17.7 Å². The second-order valence-corrected chi connectivity index (χ2v) is 7.50. The first kappa shape index (κ1) is 16.7. The summed E-state index contributed by atoms with van der Waals surface area (Å²) in [6, 6.07) is 8.99. The Kier molecular flexibility index (Phi) is 5.27. The van der Waals surface area contributed by atoms with Crippen molar-refractivity contribution in [1.29, 1.82) is 0 Å². The van der Waals surface area contributed by atoms with Gasteiger partial charge in [-0.15, -0.1) is 0 Å². The molecule has 1 saturated heterocycles. The minimum atomic E-state index is -3.39. The van der Waals surface area contributed by atoms with Crippen LogP contribution in [0.2, 0.25) is 0 Å². The molecule has 1 fully saturated rings. The van der Waals surface area contributed by atoms with E-state index < -0.39 is 10.0 Å². The largest absolute Gasteiger partial charge is 0.368 e. The van der Waals surface area contributed by atoms with Crippen LogP contribution in [-0.4, -0.2) is 48.9 Å². The van der Waals surface area contributed by atoms with Crippen LogP contribution in [0, 0.1) is 0 Å². The molecule has 8 heteroatoms. The van der Waals surface area contributed by atoms with Crippen molar-refractivity contribution >= 4 is 21.7 Å².